The first kappa shape index (κ1) is 19.7. The quantitative estimate of drug-likeness (QED) is 0.548. The molecular formula is C21H14N4O3S. The molecule has 2 aromatic carbocycles. The third kappa shape index (κ3) is 3.98. The predicted molar refractivity (Wildman–Crippen MR) is 108 cm³/mol. The lowest BCUT2D eigenvalue weighted by molar-refractivity contribution is -0.136. The van der Waals surface area contributed by atoms with Crippen molar-refractivity contribution in [2.24, 2.45) is 0 Å². The van der Waals surface area contributed by atoms with Crippen LogP contribution >= 0.6 is 11.8 Å². The molecule has 3 rings (SSSR count). The summed E-state index contributed by atoms with van der Waals surface area (Å²) in [6, 6.07) is 18.5. The average molecular weight is 402 g/mol. The largest absolute Gasteiger partial charge is 0.508 e. The van der Waals surface area contributed by atoms with Gasteiger partial charge in [0.05, 0.1) is 5.56 Å². The molecule has 1 unspecified atom stereocenters. The first-order chi connectivity index (χ1) is 14.0. The van der Waals surface area contributed by atoms with Gasteiger partial charge in [0.25, 0.3) is 0 Å². The highest BCUT2D eigenvalue weighted by Crippen LogP contribution is 2.41. The molecule has 1 atom stereocenters. The number of thioether (sulfide) groups is 1. The van der Waals surface area contributed by atoms with Crippen molar-refractivity contribution >= 4 is 23.5 Å². The Morgan fingerprint density at radius 2 is 1.76 bits per heavy atom. The Hall–Kier alpha value is -4.01. The number of aliphatic carboxylic acids is 1. The van der Waals surface area contributed by atoms with Gasteiger partial charge in [-0.3, -0.25) is 4.79 Å². The maximum absolute atomic E-state index is 11.9. The summed E-state index contributed by atoms with van der Waals surface area (Å²) in [4.78, 5) is 16.0. The molecule has 0 saturated carbocycles. The van der Waals surface area contributed by atoms with Crippen molar-refractivity contribution in [2.45, 2.75) is 10.3 Å². The predicted octanol–water partition coefficient (Wildman–Crippen LogP) is 3.70. The summed E-state index contributed by atoms with van der Waals surface area (Å²) >= 11 is 0.862. The van der Waals surface area contributed by atoms with Gasteiger partial charge in [-0.1, -0.05) is 54.2 Å². The first-order valence-electron chi connectivity index (χ1n) is 8.33. The molecule has 1 heterocycles. The molecule has 0 aliphatic carbocycles. The molecule has 3 aromatic rings. The molecule has 0 aliphatic heterocycles. The number of nitrogens with zero attached hydrogens (tertiary/aromatic N) is 3. The Morgan fingerprint density at radius 1 is 1.07 bits per heavy atom. The summed E-state index contributed by atoms with van der Waals surface area (Å²) in [5.41, 5.74) is 7.10. The molecular weight excluding hydrogens is 388 g/mol. The highest BCUT2D eigenvalue weighted by atomic mass is 32.2. The fraction of sp³-hybridized carbons (Fsp3) is 0.0476. The molecule has 8 heteroatoms. The summed E-state index contributed by atoms with van der Waals surface area (Å²) in [5.74, 6) is -1.27. The molecule has 0 fully saturated rings. The monoisotopic (exact) mass is 402 g/mol. The number of rotatable bonds is 5. The van der Waals surface area contributed by atoms with Crippen molar-refractivity contribution in [3.05, 3.63) is 71.3 Å². The molecule has 0 spiro atoms. The van der Waals surface area contributed by atoms with Crippen LogP contribution in [0.15, 0.2) is 59.6 Å². The number of nitrogens with two attached hydrogens (primary N) is 1. The fourth-order valence-electron chi connectivity index (χ4n) is 2.83. The van der Waals surface area contributed by atoms with Crippen LogP contribution in [0.5, 0.6) is 5.75 Å². The number of aromatic hydroxyl groups is 1. The second-order valence-corrected chi connectivity index (χ2v) is 7.04. The molecule has 142 valence electrons. The van der Waals surface area contributed by atoms with Crippen LogP contribution in [0.1, 0.15) is 21.9 Å². The molecule has 0 bridgehead atoms. The molecule has 7 nitrogen and oxygen atoms in total. The van der Waals surface area contributed by atoms with Crippen molar-refractivity contribution in [1.29, 1.82) is 10.5 Å². The number of carboxylic acids is 1. The van der Waals surface area contributed by atoms with Gasteiger partial charge in [0.15, 0.2) is 0 Å². The van der Waals surface area contributed by atoms with E-state index in [0.29, 0.717) is 11.1 Å². The molecule has 0 radical (unpaired) electrons. The molecule has 0 amide bonds. The third-order valence-electron chi connectivity index (χ3n) is 4.11. The standard InChI is InChI=1S/C21H14N4O3S/c22-10-15-17(13-7-4-8-14(26)9-13)16(11-23)20(25-19(15)24)29-18(21(27)28)12-5-2-1-3-6-12/h1-9,18,26H,(H2,24,25)(H,27,28). The van der Waals surface area contributed by atoms with E-state index in [-0.39, 0.29) is 33.3 Å². The first-order valence-corrected chi connectivity index (χ1v) is 9.21. The smallest absolute Gasteiger partial charge is 0.321 e. The number of anilines is 1. The van der Waals surface area contributed by atoms with E-state index in [4.69, 9.17) is 5.73 Å². The van der Waals surface area contributed by atoms with Crippen molar-refractivity contribution in [2.75, 3.05) is 5.73 Å². The maximum Gasteiger partial charge on any atom is 0.321 e. The van der Waals surface area contributed by atoms with Gasteiger partial charge in [0.1, 0.15) is 39.5 Å². The third-order valence-corrected chi connectivity index (χ3v) is 5.33. The van der Waals surface area contributed by atoms with Crippen LogP contribution in [0.2, 0.25) is 0 Å². The summed E-state index contributed by atoms with van der Waals surface area (Å²) in [6.07, 6.45) is 0. The van der Waals surface area contributed by atoms with E-state index in [0.717, 1.165) is 11.8 Å². The van der Waals surface area contributed by atoms with Crippen LogP contribution in [0, 0.1) is 22.7 Å². The number of nitrogen functional groups attached to an aromatic ring is 1. The van der Waals surface area contributed by atoms with Gasteiger partial charge in [-0.05, 0) is 23.3 Å². The van der Waals surface area contributed by atoms with Crippen molar-refractivity contribution in [3.63, 3.8) is 0 Å². The number of hydrogen-bond donors (Lipinski definition) is 3. The summed E-state index contributed by atoms with van der Waals surface area (Å²) in [5, 5.41) is 37.9. The van der Waals surface area contributed by atoms with Crippen molar-refractivity contribution in [3.8, 4) is 29.0 Å². The van der Waals surface area contributed by atoms with E-state index >= 15 is 0 Å². The van der Waals surface area contributed by atoms with Gasteiger partial charge in [-0.25, -0.2) is 4.98 Å². The molecule has 29 heavy (non-hydrogen) atoms. The van der Waals surface area contributed by atoms with E-state index in [2.05, 4.69) is 4.98 Å². The number of benzene rings is 2. The lowest BCUT2D eigenvalue weighted by atomic mass is 9.97. The summed E-state index contributed by atoms with van der Waals surface area (Å²) in [6.45, 7) is 0. The fourth-order valence-corrected chi connectivity index (χ4v) is 3.87. The number of phenolic OH excluding ortho intramolecular Hbond substituents is 1. The Morgan fingerprint density at radius 3 is 2.34 bits per heavy atom. The normalized spacial score (nSPS) is 11.2. The molecule has 1 aromatic heterocycles. The van der Waals surface area contributed by atoms with E-state index in [1.807, 2.05) is 12.1 Å². The topological polar surface area (TPSA) is 144 Å². The van der Waals surface area contributed by atoms with Crippen LogP contribution in [0.25, 0.3) is 11.1 Å². The number of phenols is 1. The Bertz CT molecular complexity index is 1170. The van der Waals surface area contributed by atoms with Gasteiger partial charge < -0.3 is 15.9 Å². The van der Waals surface area contributed by atoms with E-state index in [1.54, 1.807) is 42.5 Å². The highest BCUT2D eigenvalue weighted by Gasteiger charge is 2.27. The highest BCUT2D eigenvalue weighted by molar-refractivity contribution is 8.00. The summed E-state index contributed by atoms with van der Waals surface area (Å²) < 4.78 is 0. The Labute approximate surface area is 170 Å². The van der Waals surface area contributed by atoms with Crippen LogP contribution < -0.4 is 5.73 Å². The van der Waals surface area contributed by atoms with E-state index < -0.39 is 11.2 Å². The zero-order valence-corrected chi connectivity index (χ0v) is 15.7. The number of hydrogen-bond acceptors (Lipinski definition) is 7. The molecule has 4 N–H and O–H groups in total. The van der Waals surface area contributed by atoms with Crippen molar-refractivity contribution in [1.82, 2.24) is 4.98 Å². The van der Waals surface area contributed by atoms with Crippen LogP contribution in [0.3, 0.4) is 0 Å². The van der Waals surface area contributed by atoms with Crippen LogP contribution in [-0.2, 0) is 4.79 Å². The number of nitriles is 2. The SMILES string of the molecule is N#Cc1c(N)nc(SC(C(=O)O)c2ccccc2)c(C#N)c1-c1cccc(O)c1. The lowest BCUT2D eigenvalue weighted by Crippen LogP contribution is -2.10. The van der Waals surface area contributed by atoms with Gasteiger partial charge in [-0.15, -0.1) is 0 Å². The maximum atomic E-state index is 11.9. The van der Waals surface area contributed by atoms with Crippen molar-refractivity contribution < 1.29 is 15.0 Å². The molecule has 0 aliphatic rings. The number of carbonyl (C=O) groups is 1. The zero-order chi connectivity index (χ0) is 21.0. The Kier molecular flexibility index (Phi) is 5.68. The number of aromatic nitrogens is 1. The minimum atomic E-state index is -1.10. The number of pyridine rings is 1. The minimum absolute atomic E-state index is 0.0110. The lowest BCUT2D eigenvalue weighted by Gasteiger charge is -2.16. The molecule has 0 saturated heterocycles. The zero-order valence-electron chi connectivity index (χ0n) is 14.9. The van der Waals surface area contributed by atoms with Gasteiger partial charge in [0.2, 0.25) is 0 Å². The second kappa shape index (κ2) is 8.34. The minimum Gasteiger partial charge on any atom is -0.508 e. The van der Waals surface area contributed by atoms with E-state index in [1.165, 1.54) is 12.1 Å². The van der Waals surface area contributed by atoms with Crippen LogP contribution in [-0.4, -0.2) is 21.2 Å². The van der Waals surface area contributed by atoms with E-state index in [9.17, 15) is 25.5 Å². The van der Waals surface area contributed by atoms with Gasteiger partial charge in [0, 0.05) is 5.56 Å². The van der Waals surface area contributed by atoms with Gasteiger partial charge in [-0.2, -0.15) is 10.5 Å². The second-order valence-electron chi connectivity index (χ2n) is 5.95. The summed E-state index contributed by atoms with van der Waals surface area (Å²) in [7, 11) is 0. The average Bonchev–Trinajstić information content (AvgIpc) is 2.71. The Balaban J connectivity index is 2.22. The van der Waals surface area contributed by atoms with Gasteiger partial charge >= 0.3 is 5.97 Å². The van der Waals surface area contributed by atoms with Crippen LogP contribution in [0.4, 0.5) is 5.82 Å². The number of carboxylic acid groups (broad SMARTS) is 1.